The fourth-order valence-electron chi connectivity index (χ4n) is 3.86. The van der Waals surface area contributed by atoms with E-state index in [1.54, 1.807) is 6.07 Å². The van der Waals surface area contributed by atoms with Crippen molar-refractivity contribution in [1.82, 2.24) is 0 Å². The first kappa shape index (κ1) is 17.7. The third-order valence-electron chi connectivity index (χ3n) is 5.29. The molecule has 0 amide bonds. The summed E-state index contributed by atoms with van der Waals surface area (Å²) in [7, 11) is 0. The molecule has 138 valence electrons. The van der Waals surface area contributed by atoms with E-state index < -0.39 is 29.9 Å². The van der Waals surface area contributed by atoms with Crippen LogP contribution in [0.4, 0.5) is 4.39 Å². The van der Waals surface area contributed by atoms with Gasteiger partial charge in [0.1, 0.15) is 11.6 Å². The number of halogens is 2. The summed E-state index contributed by atoms with van der Waals surface area (Å²) in [6, 6.07) is 11.3. The van der Waals surface area contributed by atoms with E-state index in [1.807, 2.05) is 25.1 Å². The lowest BCUT2D eigenvalue weighted by Gasteiger charge is -2.49. The van der Waals surface area contributed by atoms with Gasteiger partial charge in [-0.25, -0.2) is 4.39 Å². The Morgan fingerprint density at radius 2 is 1.88 bits per heavy atom. The van der Waals surface area contributed by atoms with Gasteiger partial charge >= 0.3 is 0 Å². The molecule has 2 aliphatic heterocycles. The van der Waals surface area contributed by atoms with Crippen molar-refractivity contribution in [1.29, 1.82) is 0 Å². The molecule has 2 aliphatic rings. The molecule has 2 heterocycles. The van der Waals surface area contributed by atoms with E-state index in [4.69, 9.17) is 21.1 Å². The highest BCUT2D eigenvalue weighted by molar-refractivity contribution is 6.31. The molecule has 4 rings (SSSR count). The Labute approximate surface area is 156 Å². The van der Waals surface area contributed by atoms with E-state index in [0.717, 1.165) is 5.56 Å². The number of ether oxygens (including phenoxy) is 2. The van der Waals surface area contributed by atoms with Crippen LogP contribution in [0.3, 0.4) is 0 Å². The summed E-state index contributed by atoms with van der Waals surface area (Å²) >= 11 is 6.33. The van der Waals surface area contributed by atoms with Crippen LogP contribution < -0.4 is 4.74 Å². The summed E-state index contributed by atoms with van der Waals surface area (Å²) in [5, 5.41) is 21.7. The quantitative estimate of drug-likeness (QED) is 0.782. The molecule has 6 heteroatoms. The van der Waals surface area contributed by atoms with Crippen molar-refractivity contribution in [2.75, 3.05) is 0 Å². The van der Waals surface area contributed by atoms with Gasteiger partial charge in [0, 0.05) is 29.3 Å². The maximum absolute atomic E-state index is 13.5. The highest BCUT2D eigenvalue weighted by atomic mass is 35.5. The van der Waals surface area contributed by atoms with Gasteiger partial charge in [0.05, 0.1) is 18.3 Å². The van der Waals surface area contributed by atoms with Crippen LogP contribution in [0, 0.1) is 11.7 Å². The molecule has 0 unspecified atom stereocenters. The molecule has 5 atom stereocenters. The molecule has 4 nitrogen and oxygen atoms in total. The summed E-state index contributed by atoms with van der Waals surface area (Å²) in [6.45, 7) is 1.90. The monoisotopic (exact) mass is 378 g/mol. The van der Waals surface area contributed by atoms with Gasteiger partial charge in [0.2, 0.25) is 5.79 Å². The van der Waals surface area contributed by atoms with E-state index in [9.17, 15) is 14.6 Å². The van der Waals surface area contributed by atoms with E-state index in [-0.39, 0.29) is 18.8 Å². The Bertz CT molecular complexity index is 829. The molecule has 2 aromatic rings. The Hall–Kier alpha value is -1.66. The van der Waals surface area contributed by atoms with Crippen LogP contribution >= 0.6 is 11.6 Å². The molecule has 26 heavy (non-hydrogen) atoms. The van der Waals surface area contributed by atoms with Crippen LogP contribution in [0.2, 0.25) is 5.02 Å². The van der Waals surface area contributed by atoms with Crippen molar-refractivity contribution >= 4 is 11.6 Å². The number of aliphatic hydroxyl groups excluding tert-OH is 2. The summed E-state index contributed by atoms with van der Waals surface area (Å²) in [6.07, 6.45) is -1.81. The first-order valence-corrected chi connectivity index (χ1v) is 9.03. The van der Waals surface area contributed by atoms with Crippen molar-refractivity contribution in [3.63, 3.8) is 0 Å². The maximum Gasteiger partial charge on any atom is 0.216 e. The summed E-state index contributed by atoms with van der Waals surface area (Å²) < 4.78 is 25.8. The predicted molar refractivity (Wildman–Crippen MR) is 94.4 cm³/mol. The number of hydrogen-bond acceptors (Lipinski definition) is 4. The fraction of sp³-hybridized carbons (Fsp3) is 0.400. The lowest BCUT2D eigenvalue weighted by atomic mass is 9.82. The number of aliphatic hydroxyl groups is 2. The zero-order valence-corrected chi connectivity index (χ0v) is 15.0. The summed E-state index contributed by atoms with van der Waals surface area (Å²) in [5.74, 6) is -1.46. The van der Waals surface area contributed by atoms with Gasteiger partial charge in [-0.3, -0.25) is 0 Å². The number of fused-ring (bicyclic) bond motifs is 1. The van der Waals surface area contributed by atoms with Crippen molar-refractivity contribution in [2.45, 2.75) is 43.9 Å². The number of rotatable bonds is 1. The van der Waals surface area contributed by atoms with Crippen LogP contribution in [-0.2, 0) is 4.74 Å². The highest BCUT2D eigenvalue weighted by Crippen LogP contribution is 2.50. The number of hydrogen-bond donors (Lipinski definition) is 2. The Morgan fingerprint density at radius 3 is 2.65 bits per heavy atom. The molecule has 2 aromatic carbocycles. The lowest BCUT2D eigenvalue weighted by Crippen LogP contribution is -2.53. The SMILES string of the molecule is C[C@@H]1[C@@H](O)C[C@@]2(C[C@H](O)c3cc(F)ccc3O2)O[C@H]1c1ccccc1Cl. The predicted octanol–water partition coefficient (Wildman–Crippen LogP) is 4.15. The molecule has 2 N–H and O–H groups in total. The van der Waals surface area contributed by atoms with E-state index in [0.29, 0.717) is 16.3 Å². The average molecular weight is 379 g/mol. The normalized spacial score (nSPS) is 33.6. The van der Waals surface area contributed by atoms with Crippen molar-refractivity contribution < 1.29 is 24.1 Å². The van der Waals surface area contributed by atoms with Crippen molar-refractivity contribution in [3.05, 3.63) is 64.4 Å². The third kappa shape index (κ3) is 2.99. The standard InChI is InChI=1S/C20H20ClFO4/c1-11-16(23)9-20(26-19(11)13-4-2-3-5-15(13)21)10-17(24)14-8-12(22)6-7-18(14)25-20/h2-8,11,16-17,19,23-24H,9-10H2,1H3/t11-,16+,17+,19-,20+/m1/s1. The van der Waals surface area contributed by atoms with Crippen LogP contribution in [0.5, 0.6) is 5.75 Å². The van der Waals surface area contributed by atoms with Crippen LogP contribution in [-0.4, -0.2) is 22.1 Å². The molecule has 1 fully saturated rings. The second-order valence-corrected chi connectivity index (χ2v) is 7.51. The largest absolute Gasteiger partial charge is 0.462 e. The number of benzene rings is 2. The molecule has 0 aliphatic carbocycles. The zero-order chi connectivity index (χ0) is 18.5. The minimum atomic E-state index is -1.19. The molecule has 0 bridgehead atoms. The molecule has 0 radical (unpaired) electrons. The van der Waals surface area contributed by atoms with E-state index in [1.165, 1.54) is 18.2 Å². The van der Waals surface area contributed by atoms with Gasteiger partial charge in [-0.05, 0) is 29.8 Å². The van der Waals surface area contributed by atoms with Crippen molar-refractivity contribution in [3.8, 4) is 5.75 Å². The van der Waals surface area contributed by atoms with Crippen LogP contribution in [0.25, 0.3) is 0 Å². The molecular weight excluding hydrogens is 359 g/mol. The topological polar surface area (TPSA) is 58.9 Å². The lowest BCUT2D eigenvalue weighted by molar-refractivity contribution is -0.292. The van der Waals surface area contributed by atoms with Gasteiger partial charge in [0.15, 0.2) is 0 Å². The minimum absolute atomic E-state index is 0.105. The second kappa shape index (κ2) is 6.50. The zero-order valence-electron chi connectivity index (χ0n) is 14.2. The first-order chi connectivity index (χ1) is 12.4. The third-order valence-corrected chi connectivity index (χ3v) is 5.63. The Morgan fingerprint density at radius 1 is 1.12 bits per heavy atom. The molecule has 0 saturated carbocycles. The molecule has 1 spiro atoms. The van der Waals surface area contributed by atoms with Crippen molar-refractivity contribution in [2.24, 2.45) is 5.92 Å². The smallest absolute Gasteiger partial charge is 0.216 e. The fourth-order valence-corrected chi connectivity index (χ4v) is 4.11. The average Bonchev–Trinajstić information content (AvgIpc) is 2.60. The van der Waals surface area contributed by atoms with Gasteiger partial charge in [0.25, 0.3) is 0 Å². The van der Waals surface area contributed by atoms with Gasteiger partial charge in [-0.15, -0.1) is 0 Å². The van der Waals surface area contributed by atoms with E-state index in [2.05, 4.69) is 0 Å². The van der Waals surface area contributed by atoms with Gasteiger partial charge in [-0.1, -0.05) is 36.7 Å². The Balaban J connectivity index is 1.71. The second-order valence-electron chi connectivity index (χ2n) is 7.11. The van der Waals surface area contributed by atoms with Gasteiger partial charge < -0.3 is 19.7 Å². The Kier molecular flexibility index (Phi) is 4.43. The maximum atomic E-state index is 13.5. The molecule has 0 aromatic heterocycles. The van der Waals surface area contributed by atoms with Crippen LogP contribution in [0.15, 0.2) is 42.5 Å². The molecule has 1 saturated heterocycles. The minimum Gasteiger partial charge on any atom is -0.462 e. The first-order valence-electron chi connectivity index (χ1n) is 8.65. The van der Waals surface area contributed by atoms with Crippen LogP contribution in [0.1, 0.15) is 43.1 Å². The van der Waals surface area contributed by atoms with E-state index >= 15 is 0 Å². The highest BCUT2D eigenvalue weighted by Gasteiger charge is 2.51. The van der Waals surface area contributed by atoms with Gasteiger partial charge in [-0.2, -0.15) is 0 Å². The summed E-state index contributed by atoms with van der Waals surface area (Å²) in [5.41, 5.74) is 1.16. The summed E-state index contributed by atoms with van der Waals surface area (Å²) in [4.78, 5) is 0. The molecular formula is C20H20ClFO4.